The van der Waals surface area contributed by atoms with Gasteiger partial charge in [0.2, 0.25) is 0 Å². The first kappa shape index (κ1) is 19.5. The first-order valence-corrected chi connectivity index (χ1v) is 10.7. The molecule has 0 amide bonds. The van der Waals surface area contributed by atoms with Gasteiger partial charge >= 0.3 is 0 Å². The Labute approximate surface area is 150 Å². The van der Waals surface area contributed by atoms with Crippen molar-refractivity contribution >= 4 is 0 Å². The summed E-state index contributed by atoms with van der Waals surface area (Å²) in [6, 6.07) is 8.98. The molecule has 1 aromatic rings. The topological polar surface area (TPSA) is 3.24 Å². The number of nitrogens with zero attached hydrogens (tertiary/aromatic N) is 1. The molecule has 0 aliphatic carbocycles. The quantitative estimate of drug-likeness (QED) is 0.362. The molecule has 24 heavy (non-hydrogen) atoms. The van der Waals surface area contributed by atoms with Crippen LogP contribution in [0.3, 0.4) is 0 Å². The van der Waals surface area contributed by atoms with E-state index in [1.54, 1.807) is 11.1 Å². The Balaban J connectivity index is 1.39. The molecule has 1 nitrogen and oxygen atoms in total. The lowest BCUT2D eigenvalue weighted by molar-refractivity contribution is 0.248. The van der Waals surface area contributed by atoms with E-state index in [9.17, 15) is 0 Å². The highest BCUT2D eigenvalue weighted by molar-refractivity contribution is 5.28. The number of unbranched alkanes of at least 4 members (excludes halogenated alkanes) is 11. The van der Waals surface area contributed by atoms with Crippen LogP contribution in [-0.2, 0) is 13.0 Å². The van der Waals surface area contributed by atoms with Crippen LogP contribution in [0.25, 0.3) is 0 Å². The van der Waals surface area contributed by atoms with Crippen molar-refractivity contribution in [1.29, 1.82) is 0 Å². The van der Waals surface area contributed by atoms with Crippen molar-refractivity contribution in [3.8, 4) is 0 Å². The van der Waals surface area contributed by atoms with E-state index >= 15 is 0 Å². The molecule has 2 rings (SSSR count). The molecule has 1 aliphatic rings. The van der Waals surface area contributed by atoms with E-state index in [0.717, 1.165) is 0 Å². The van der Waals surface area contributed by atoms with Gasteiger partial charge in [0.15, 0.2) is 0 Å². The highest BCUT2D eigenvalue weighted by Crippen LogP contribution is 2.19. The molecule has 136 valence electrons. The minimum absolute atomic E-state index is 1.17. The van der Waals surface area contributed by atoms with Crippen LogP contribution in [0, 0.1) is 0 Å². The summed E-state index contributed by atoms with van der Waals surface area (Å²) < 4.78 is 0. The second-order valence-corrected chi connectivity index (χ2v) is 7.68. The third kappa shape index (κ3) is 7.83. The Bertz CT molecular complexity index is 426. The molecule has 1 aliphatic heterocycles. The Morgan fingerprint density at radius 2 is 1.25 bits per heavy atom. The summed E-state index contributed by atoms with van der Waals surface area (Å²) in [7, 11) is 0. The second-order valence-electron chi connectivity index (χ2n) is 7.68. The summed E-state index contributed by atoms with van der Waals surface area (Å²) >= 11 is 0. The Morgan fingerprint density at radius 1 is 0.708 bits per heavy atom. The third-order valence-corrected chi connectivity index (χ3v) is 5.54. The van der Waals surface area contributed by atoms with Crippen LogP contribution in [0.2, 0.25) is 0 Å². The van der Waals surface area contributed by atoms with Gasteiger partial charge in [-0.3, -0.25) is 4.90 Å². The minimum Gasteiger partial charge on any atom is -0.299 e. The van der Waals surface area contributed by atoms with Crippen molar-refractivity contribution in [2.45, 2.75) is 96.9 Å². The first-order chi connectivity index (χ1) is 11.9. The van der Waals surface area contributed by atoms with Crippen LogP contribution in [0.4, 0.5) is 0 Å². The lowest BCUT2D eigenvalue weighted by Crippen LogP contribution is -2.31. The molecule has 0 unspecified atom stereocenters. The van der Waals surface area contributed by atoms with E-state index in [0.29, 0.717) is 0 Å². The summed E-state index contributed by atoms with van der Waals surface area (Å²) in [5.41, 5.74) is 3.13. The van der Waals surface area contributed by atoms with E-state index < -0.39 is 0 Å². The standard InChI is InChI=1S/C23H39N/c1-2-3-4-5-6-7-8-9-10-11-12-15-19-24-20-18-22-16-13-14-17-23(22)21-24/h13-14,16-17H,2-12,15,18-21H2,1H3. The molecule has 0 radical (unpaired) electrons. The Kier molecular flexibility index (Phi) is 10.2. The van der Waals surface area contributed by atoms with E-state index in [-0.39, 0.29) is 0 Å². The normalized spacial score (nSPS) is 14.7. The predicted molar refractivity (Wildman–Crippen MR) is 107 cm³/mol. The molecular formula is C23H39N. The van der Waals surface area contributed by atoms with Gasteiger partial charge in [-0.15, -0.1) is 0 Å². The van der Waals surface area contributed by atoms with Gasteiger partial charge in [0, 0.05) is 13.1 Å². The van der Waals surface area contributed by atoms with Gasteiger partial charge in [-0.2, -0.15) is 0 Å². The number of fused-ring (bicyclic) bond motifs is 1. The summed E-state index contributed by atoms with van der Waals surface area (Å²) in [5.74, 6) is 0. The molecule has 1 heteroatoms. The smallest absolute Gasteiger partial charge is 0.0236 e. The van der Waals surface area contributed by atoms with Crippen molar-refractivity contribution in [2.24, 2.45) is 0 Å². The van der Waals surface area contributed by atoms with Crippen molar-refractivity contribution in [3.63, 3.8) is 0 Å². The van der Waals surface area contributed by atoms with Crippen LogP contribution >= 0.6 is 0 Å². The van der Waals surface area contributed by atoms with Crippen LogP contribution in [0.1, 0.15) is 95.1 Å². The zero-order valence-corrected chi connectivity index (χ0v) is 16.1. The van der Waals surface area contributed by atoms with Gasteiger partial charge in [0.05, 0.1) is 0 Å². The molecule has 0 fully saturated rings. The van der Waals surface area contributed by atoms with Gasteiger partial charge in [0.1, 0.15) is 0 Å². The molecule has 1 heterocycles. The van der Waals surface area contributed by atoms with Crippen LogP contribution in [0.5, 0.6) is 0 Å². The van der Waals surface area contributed by atoms with Crippen LogP contribution < -0.4 is 0 Å². The summed E-state index contributed by atoms with van der Waals surface area (Å²) in [6.45, 7) is 6.03. The first-order valence-electron chi connectivity index (χ1n) is 10.7. The Hall–Kier alpha value is -0.820. The minimum atomic E-state index is 1.17. The molecule has 0 saturated carbocycles. The van der Waals surface area contributed by atoms with Gasteiger partial charge in [0.25, 0.3) is 0 Å². The summed E-state index contributed by atoms with van der Waals surface area (Å²) in [6.07, 6.45) is 18.5. The fourth-order valence-electron chi connectivity index (χ4n) is 3.92. The van der Waals surface area contributed by atoms with Gasteiger partial charge in [-0.1, -0.05) is 102 Å². The zero-order chi connectivity index (χ0) is 16.9. The number of hydrogen-bond donors (Lipinski definition) is 0. The molecular weight excluding hydrogens is 290 g/mol. The van der Waals surface area contributed by atoms with Crippen molar-refractivity contribution < 1.29 is 0 Å². The maximum atomic E-state index is 2.65. The summed E-state index contributed by atoms with van der Waals surface area (Å²) in [5, 5.41) is 0. The molecule has 0 atom stereocenters. The lowest BCUT2D eigenvalue weighted by atomic mass is 9.99. The van der Waals surface area contributed by atoms with Crippen molar-refractivity contribution in [2.75, 3.05) is 13.1 Å². The van der Waals surface area contributed by atoms with Crippen molar-refractivity contribution in [1.82, 2.24) is 4.90 Å². The van der Waals surface area contributed by atoms with E-state index in [4.69, 9.17) is 0 Å². The van der Waals surface area contributed by atoms with Crippen LogP contribution in [-0.4, -0.2) is 18.0 Å². The maximum absolute atomic E-state index is 2.65. The number of rotatable bonds is 13. The molecule has 0 aromatic heterocycles. The SMILES string of the molecule is CCCCCCCCCCCCCCN1CCc2ccccc2C1. The summed E-state index contributed by atoms with van der Waals surface area (Å²) in [4.78, 5) is 2.65. The monoisotopic (exact) mass is 329 g/mol. The molecule has 0 N–H and O–H groups in total. The van der Waals surface area contributed by atoms with Crippen molar-refractivity contribution in [3.05, 3.63) is 35.4 Å². The molecule has 0 bridgehead atoms. The highest BCUT2D eigenvalue weighted by Gasteiger charge is 2.14. The van der Waals surface area contributed by atoms with Gasteiger partial charge < -0.3 is 0 Å². The average Bonchev–Trinajstić information content (AvgIpc) is 2.62. The van der Waals surface area contributed by atoms with E-state index in [1.807, 2.05) is 0 Å². The molecule has 0 saturated heterocycles. The molecule has 1 aromatic carbocycles. The van der Waals surface area contributed by atoms with E-state index in [1.165, 1.54) is 103 Å². The van der Waals surface area contributed by atoms with Gasteiger partial charge in [-0.05, 0) is 30.5 Å². The lowest BCUT2D eigenvalue weighted by Gasteiger charge is -2.28. The maximum Gasteiger partial charge on any atom is 0.0236 e. The Morgan fingerprint density at radius 3 is 1.88 bits per heavy atom. The fraction of sp³-hybridized carbons (Fsp3) is 0.739. The fourth-order valence-corrected chi connectivity index (χ4v) is 3.92. The second kappa shape index (κ2) is 12.5. The third-order valence-electron chi connectivity index (χ3n) is 5.54. The predicted octanol–water partition coefficient (Wildman–Crippen LogP) is 6.75. The number of hydrogen-bond acceptors (Lipinski definition) is 1. The van der Waals surface area contributed by atoms with Gasteiger partial charge in [-0.25, -0.2) is 0 Å². The number of benzene rings is 1. The molecule has 0 spiro atoms. The highest BCUT2D eigenvalue weighted by atomic mass is 15.1. The van der Waals surface area contributed by atoms with Crippen LogP contribution in [0.15, 0.2) is 24.3 Å². The van der Waals surface area contributed by atoms with E-state index in [2.05, 4.69) is 36.1 Å². The zero-order valence-electron chi connectivity index (χ0n) is 16.1. The largest absolute Gasteiger partial charge is 0.299 e. The average molecular weight is 330 g/mol.